The Morgan fingerprint density at radius 1 is 1.13 bits per heavy atom. The number of rotatable bonds is 8. The Balaban J connectivity index is 1.47. The van der Waals surface area contributed by atoms with E-state index in [9.17, 15) is 22.0 Å². The van der Waals surface area contributed by atoms with Gasteiger partial charge in [0.15, 0.2) is 10.7 Å². The number of hydrogen-bond donors (Lipinski definition) is 0. The van der Waals surface area contributed by atoms with Crippen LogP contribution in [0.5, 0.6) is 0 Å². The summed E-state index contributed by atoms with van der Waals surface area (Å²) in [5.41, 5.74) is 1.29. The molecule has 38 heavy (non-hydrogen) atoms. The second-order valence-electron chi connectivity index (χ2n) is 9.68. The molecule has 2 aromatic carbocycles. The molecule has 4 rings (SSSR count). The van der Waals surface area contributed by atoms with Crippen LogP contribution in [0.25, 0.3) is 12.2 Å². The molecule has 1 aromatic heterocycles. The van der Waals surface area contributed by atoms with Crippen LogP contribution in [0.1, 0.15) is 49.3 Å². The number of piperidine rings is 1. The van der Waals surface area contributed by atoms with E-state index in [1.54, 1.807) is 0 Å². The van der Waals surface area contributed by atoms with Gasteiger partial charge in [-0.05, 0) is 63.5 Å². The molecule has 0 spiro atoms. The Hall–Kier alpha value is -3.37. The minimum absolute atomic E-state index is 0.00409. The third-order valence-electron chi connectivity index (χ3n) is 6.71. The highest BCUT2D eigenvalue weighted by atomic mass is 32.2. The summed E-state index contributed by atoms with van der Waals surface area (Å²) in [6, 6.07) is 12.9. The van der Waals surface area contributed by atoms with Crippen LogP contribution in [0.15, 0.2) is 57.9 Å². The first kappa shape index (κ1) is 27.7. The molecule has 0 N–H and O–H groups in total. The van der Waals surface area contributed by atoms with Crippen LogP contribution in [0, 0.1) is 24.5 Å². The molecule has 0 aliphatic carbocycles. The van der Waals surface area contributed by atoms with Gasteiger partial charge < -0.3 is 9.42 Å². The highest BCUT2D eigenvalue weighted by Gasteiger charge is 2.37. The molecule has 3 aromatic rings. The lowest BCUT2D eigenvalue weighted by atomic mass is 9.95. The Labute approximate surface area is 221 Å². The first-order chi connectivity index (χ1) is 18.1. The highest BCUT2D eigenvalue weighted by molar-refractivity contribution is 7.89. The molecule has 7 nitrogen and oxygen atoms in total. The van der Waals surface area contributed by atoms with E-state index in [1.807, 2.05) is 49.1 Å². The molecule has 0 bridgehead atoms. The number of benzene rings is 2. The maximum atomic E-state index is 14.0. The molecule has 1 fully saturated rings. The Morgan fingerprint density at radius 3 is 2.45 bits per heavy atom. The fourth-order valence-corrected chi connectivity index (χ4v) is 6.32. The van der Waals surface area contributed by atoms with E-state index in [4.69, 9.17) is 4.52 Å². The summed E-state index contributed by atoms with van der Waals surface area (Å²) in [6.45, 7) is 6.32. The number of nitrogens with zero attached hydrogens (tertiary/aromatic N) is 3. The van der Waals surface area contributed by atoms with Crippen LogP contribution in [0.2, 0.25) is 0 Å². The van der Waals surface area contributed by atoms with Crippen molar-refractivity contribution in [1.82, 2.24) is 14.4 Å². The number of carbonyl (C=O) groups is 1. The quantitative estimate of drug-likeness (QED) is 0.387. The first-order valence-corrected chi connectivity index (χ1v) is 14.0. The Kier molecular flexibility index (Phi) is 8.42. The Morgan fingerprint density at radius 2 is 1.82 bits per heavy atom. The van der Waals surface area contributed by atoms with E-state index in [0.717, 1.165) is 17.7 Å². The van der Waals surface area contributed by atoms with Crippen molar-refractivity contribution in [3.63, 3.8) is 0 Å². The molecule has 0 radical (unpaired) electrons. The number of amides is 1. The van der Waals surface area contributed by atoms with Crippen LogP contribution >= 0.6 is 0 Å². The van der Waals surface area contributed by atoms with Gasteiger partial charge in [-0.2, -0.15) is 4.31 Å². The zero-order valence-corrected chi connectivity index (χ0v) is 22.4. The second kappa shape index (κ2) is 11.6. The number of carbonyl (C=O) groups excluding carboxylic acids is 1. The summed E-state index contributed by atoms with van der Waals surface area (Å²) in [6.07, 6.45) is 3.41. The van der Waals surface area contributed by atoms with Gasteiger partial charge in [-0.15, -0.1) is 0 Å². The summed E-state index contributed by atoms with van der Waals surface area (Å²) >= 11 is 0. The molecule has 1 aliphatic rings. The third-order valence-corrected chi connectivity index (χ3v) is 8.77. The van der Waals surface area contributed by atoms with Crippen LogP contribution in [-0.4, -0.2) is 47.8 Å². The molecule has 2 heterocycles. The molecule has 0 atom stereocenters. The zero-order chi connectivity index (χ0) is 27.4. The van der Waals surface area contributed by atoms with Crippen molar-refractivity contribution in [3.05, 3.63) is 82.7 Å². The average molecular weight is 544 g/mol. The van der Waals surface area contributed by atoms with Gasteiger partial charge in [0.25, 0.3) is 0 Å². The van der Waals surface area contributed by atoms with Crippen molar-refractivity contribution >= 4 is 28.1 Å². The fraction of sp³-hybridized carbons (Fsp3) is 0.357. The third kappa shape index (κ3) is 6.02. The summed E-state index contributed by atoms with van der Waals surface area (Å²) in [7, 11) is -3.99. The van der Waals surface area contributed by atoms with E-state index >= 15 is 0 Å². The van der Waals surface area contributed by atoms with Crippen molar-refractivity contribution in [1.29, 1.82) is 0 Å². The lowest BCUT2D eigenvalue weighted by molar-refractivity contribution is -0.139. The van der Waals surface area contributed by atoms with Crippen molar-refractivity contribution in [2.45, 2.75) is 51.1 Å². The molecule has 1 saturated heterocycles. The highest BCUT2D eigenvalue weighted by Crippen LogP contribution is 2.30. The molecule has 1 aliphatic heterocycles. The smallest absolute Gasteiger partial charge is 0.248 e. The molecule has 0 saturated carbocycles. The van der Waals surface area contributed by atoms with Crippen LogP contribution < -0.4 is 0 Å². The summed E-state index contributed by atoms with van der Waals surface area (Å²) in [4.78, 5) is 15.1. The normalized spacial score (nSPS) is 15.4. The van der Waals surface area contributed by atoms with Gasteiger partial charge in [0.1, 0.15) is 17.3 Å². The monoisotopic (exact) mass is 543 g/mol. The maximum Gasteiger partial charge on any atom is 0.248 e. The first-order valence-electron chi connectivity index (χ1n) is 12.5. The Bertz CT molecular complexity index is 1410. The predicted octanol–water partition coefficient (Wildman–Crippen LogP) is 5.27. The lowest BCUT2D eigenvalue weighted by Gasteiger charge is -2.35. The van der Waals surface area contributed by atoms with Gasteiger partial charge >= 0.3 is 0 Å². The SMILES string of the molecule is Cc1noc(/C=C/c2ccc(F)cc2F)c1S(=O)(=O)N1CCC(C(=O)N(Cc2ccccc2)C(C)C)CC1. The number of hydrogen-bond acceptors (Lipinski definition) is 5. The lowest BCUT2D eigenvalue weighted by Crippen LogP contribution is -2.46. The largest absolute Gasteiger partial charge is 0.355 e. The molecule has 10 heteroatoms. The molecule has 202 valence electrons. The van der Waals surface area contributed by atoms with Gasteiger partial charge in [-0.3, -0.25) is 4.79 Å². The second-order valence-corrected chi connectivity index (χ2v) is 11.6. The number of sulfonamides is 1. The fourth-order valence-electron chi connectivity index (χ4n) is 4.60. The van der Waals surface area contributed by atoms with Gasteiger partial charge in [0.05, 0.1) is 0 Å². The van der Waals surface area contributed by atoms with Crippen LogP contribution in [-0.2, 0) is 21.4 Å². The molecule has 0 unspecified atom stereocenters. The zero-order valence-electron chi connectivity index (χ0n) is 21.6. The van der Waals surface area contributed by atoms with E-state index in [2.05, 4.69) is 5.16 Å². The van der Waals surface area contributed by atoms with Crippen LogP contribution in [0.4, 0.5) is 8.78 Å². The van der Waals surface area contributed by atoms with Crippen LogP contribution in [0.3, 0.4) is 0 Å². The van der Waals surface area contributed by atoms with E-state index in [0.29, 0.717) is 19.4 Å². The maximum absolute atomic E-state index is 14.0. The number of aryl methyl sites for hydroxylation is 1. The van der Waals surface area contributed by atoms with Gasteiger partial charge in [0.2, 0.25) is 15.9 Å². The van der Waals surface area contributed by atoms with Crippen molar-refractivity contribution < 1.29 is 26.5 Å². The van der Waals surface area contributed by atoms with Crippen molar-refractivity contribution in [2.24, 2.45) is 5.92 Å². The number of halogens is 2. The number of aromatic nitrogens is 1. The average Bonchev–Trinajstić information content (AvgIpc) is 3.28. The van der Waals surface area contributed by atoms with E-state index in [1.165, 1.54) is 29.4 Å². The molecular weight excluding hydrogens is 512 g/mol. The minimum atomic E-state index is -3.99. The molecule has 1 amide bonds. The van der Waals surface area contributed by atoms with Gasteiger partial charge in [-0.1, -0.05) is 35.5 Å². The predicted molar refractivity (Wildman–Crippen MR) is 140 cm³/mol. The summed E-state index contributed by atoms with van der Waals surface area (Å²) in [5, 5.41) is 3.81. The van der Waals surface area contributed by atoms with Crippen molar-refractivity contribution in [3.8, 4) is 0 Å². The van der Waals surface area contributed by atoms with Gasteiger partial charge in [0, 0.05) is 43.2 Å². The minimum Gasteiger partial charge on any atom is -0.355 e. The molecular formula is C28H31F2N3O4S. The van der Waals surface area contributed by atoms with E-state index < -0.39 is 21.7 Å². The van der Waals surface area contributed by atoms with Crippen molar-refractivity contribution in [2.75, 3.05) is 13.1 Å². The standard InChI is InChI=1S/C28H31F2N3O4S/c1-19(2)33(18-21-7-5-4-6-8-21)28(34)23-13-15-32(16-14-23)38(35,36)27-20(3)31-37-26(27)12-10-22-9-11-24(29)17-25(22)30/h4-12,17,19,23H,13-16,18H2,1-3H3/b12-10+. The topological polar surface area (TPSA) is 83.7 Å². The summed E-state index contributed by atoms with van der Waals surface area (Å²) in [5.74, 6) is -1.80. The summed E-state index contributed by atoms with van der Waals surface area (Å²) < 4.78 is 60.9. The van der Waals surface area contributed by atoms with E-state index in [-0.39, 0.29) is 52.9 Å². The van der Waals surface area contributed by atoms with Gasteiger partial charge in [-0.25, -0.2) is 17.2 Å².